The van der Waals surface area contributed by atoms with Crippen LogP contribution in [0.15, 0.2) is 12.2 Å². The van der Waals surface area contributed by atoms with E-state index < -0.39 is 23.2 Å². The second-order valence-electron chi connectivity index (χ2n) is 7.28. The third kappa shape index (κ3) is 1.81. The van der Waals surface area contributed by atoms with Crippen molar-refractivity contribution < 1.29 is 24.2 Å². The van der Waals surface area contributed by atoms with Crippen molar-refractivity contribution >= 4 is 11.9 Å². The van der Waals surface area contributed by atoms with Crippen LogP contribution in [0.25, 0.3) is 0 Å². The largest absolute Gasteiger partial charge is 0.462 e. The van der Waals surface area contributed by atoms with Gasteiger partial charge in [-0.3, -0.25) is 4.79 Å². The Morgan fingerprint density at radius 3 is 2.73 bits per heavy atom. The molecule has 1 aliphatic heterocycles. The van der Waals surface area contributed by atoms with Crippen LogP contribution < -0.4 is 0 Å². The minimum Gasteiger partial charge on any atom is -0.462 e. The fourth-order valence-electron chi connectivity index (χ4n) is 4.93. The molecule has 0 aromatic rings. The van der Waals surface area contributed by atoms with Gasteiger partial charge < -0.3 is 14.6 Å². The Morgan fingerprint density at radius 2 is 2.09 bits per heavy atom. The van der Waals surface area contributed by atoms with Gasteiger partial charge in [0.2, 0.25) is 0 Å². The Balaban J connectivity index is 2.08. The SMILES string of the molecule is C=C1C(=O)OC2C1CCC(C)C1(O)CCC(OC(C)=O)C21C. The van der Waals surface area contributed by atoms with Crippen molar-refractivity contribution in [1.82, 2.24) is 0 Å². The number of carbonyl (C=O) groups excluding carboxylic acids is 2. The van der Waals surface area contributed by atoms with Gasteiger partial charge in [-0.15, -0.1) is 0 Å². The van der Waals surface area contributed by atoms with Crippen molar-refractivity contribution in [2.45, 2.75) is 64.3 Å². The van der Waals surface area contributed by atoms with Crippen molar-refractivity contribution in [3.63, 3.8) is 0 Å². The molecule has 1 N–H and O–H groups in total. The molecule has 0 aromatic heterocycles. The van der Waals surface area contributed by atoms with Gasteiger partial charge >= 0.3 is 11.9 Å². The smallest absolute Gasteiger partial charge is 0.334 e. The van der Waals surface area contributed by atoms with Crippen LogP contribution in [0.3, 0.4) is 0 Å². The molecule has 0 radical (unpaired) electrons. The first-order valence-electron chi connectivity index (χ1n) is 8.01. The van der Waals surface area contributed by atoms with Crippen LogP contribution in [-0.4, -0.2) is 34.9 Å². The number of hydrogen-bond acceptors (Lipinski definition) is 5. The van der Waals surface area contributed by atoms with E-state index in [1.807, 2.05) is 13.8 Å². The summed E-state index contributed by atoms with van der Waals surface area (Å²) in [5, 5.41) is 11.4. The number of esters is 2. The second-order valence-corrected chi connectivity index (χ2v) is 7.28. The number of carbonyl (C=O) groups is 2. The third-order valence-corrected chi connectivity index (χ3v) is 6.32. The molecule has 5 nitrogen and oxygen atoms in total. The van der Waals surface area contributed by atoms with Crippen LogP contribution in [0.2, 0.25) is 0 Å². The van der Waals surface area contributed by atoms with Gasteiger partial charge in [-0.2, -0.15) is 0 Å². The summed E-state index contributed by atoms with van der Waals surface area (Å²) in [5.74, 6) is -0.811. The first-order chi connectivity index (χ1) is 10.2. The first kappa shape index (κ1) is 15.5. The van der Waals surface area contributed by atoms with Gasteiger partial charge in [0.05, 0.1) is 11.0 Å². The first-order valence-corrected chi connectivity index (χ1v) is 8.01. The molecule has 0 spiro atoms. The summed E-state index contributed by atoms with van der Waals surface area (Å²) < 4.78 is 11.1. The Hall–Kier alpha value is -1.36. The lowest BCUT2D eigenvalue weighted by molar-refractivity contribution is -0.194. The van der Waals surface area contributed by atoms with Gasteiger partial charge in [0.1, 0.15) is 12.2 Å². The second kappa shape index (κ2) is 4.82. The molecule has 2 aliphatic carbocycles. The van der Waals surface area contributed by atoms with Gasteiger partial charge in [-0.1, -0.05) is 13.5 Å². The average molecular weight is 308 g/mol. The van der Waals surface area contributed by atoms with E-state index in [4.69, 9.17) is 9.47 Å². The Labute approximate surface area is 130 Å². The van der Waals surface area contributed by atoms with Crippen molar-refractivity contribution in [2.75, 3.05) is 0 Å². The maximum atomic E-state index is 12.0. The number of rotatable bonds is 1. The molecule has 0 aromatic carbocycles. The summed E-state index contributed by atoms with van der Waals surface area (Å²) in [6, 6.07) is 0. The normalized spacial score (nSPS) is 47.5. The number of ether oxygens (including phenoxy) is 2. The van der Waals surface area contributed by atoms with Crippen molar-refractivity contribution in [3.05, 3.63) is 12.2 Å². The molecule has 1 heterocycles. The molecule has 22 heavy (non-hydrogen) atoms. The molecule has 122 valence electrons. The van der Waals surface area contributed by atoms with Crippen molar-refractivity contribution in [2.24, 2.45) is 17.3 Å². The monoisotopic (exact) mass is 308 g/mol. The average Bonchev–Trinajstić information content (AvgIpc) is 2.84. The molecule has 2 saturated carbocycles. The van der Waals surface area contributed by atoms with Crippen LogP contribution in [0.4, 0.5) is 0 Å². The molecule has 0 amide bonds. The Morgan fingerprint density at radius 1 is 1.41 bits per heavy atom. The number of fused-ring (bicyclic) bond motifs is 3. The minimum absolute atomic E-state index is 0.0511. The lowest BCUT2D eigenvalue weighted by atomic mass is 9.64. The fraction of sp³-hybridized carbons (Fsp3) is 0.765. The van der Waals surface area contributed by atoms with E-state index in [1.165, 1.54) is 6.92 Å². The molecular weight excluding hydrogens is 284 g/mol. The lowest BCUT2D eigenvalue weighted by Crippen LogP contribution is -2.58. The highest BCUT2D eigenvalue weighted by molar-refractivity contribution is 5.91. The molecule has 5 heteroatoms. The van der Waals surface area contributed by atoms with E-state index in [2.05, 4.69) is 6.58 Å². The molecule has 0 bridgehead atoms. The predicted molar refractivity (Wildman–Crippen MR) is 78.8 cm³/mol. The highest BCUT2D eigenvalue weighted by atomic mass is 16.6. The minimum atomic E-state index is -1.00. The Kier molecular flexibility index (Phi) is 3.40. The zero-order valence-corrected chi connectivity index (χ0v) is 13.4. The highest BCUT2D eigenvalue weighted by Gasteiger charge is 2.69. The maximum absolute atomic E-state index is 12.0. The van der Waals surface area contributed by atoms with Gasteiger partial charge in [0.15, 0.2) is 0 Å². The summed E-state index contributed by atoms with van der Waals surface area (Å²) in [4.78, 5) is 23.5. The van der Waals surface area contributed by atoms with E-state index in [-0.39, 0.29) is 23.8 Å². The third-order valence-electron chi connectivity index (χ3n) is 6.32. The van der Waals surface area contributed by atoms with Crippen LogP contribution in [0.5, 0.6) is 0 Å². The van der Waals surface area contributed by atoms with E-state index >= 15 is 0 Å². The predicted octanol–water partition coefficient (Wildman–Crippen LogP) is 1.98. The Bertz CT molecular complexity index is 541. The van der Waals surface area contributed by atoms with Crippen LogP contribution >= 0.6 is 0 Å². The van der Waals surface area contributed by atoms with Gasteiger partial charge in [-0.05, 0) is 38.5 Å². The van der Waals surface area contributed by atoms with E-state index in [9.17, 15) is 14.7 Å². The van der Waals surface area contributed by atoms with E-state index in [1.54, 1.807) is 0 Å². The van der Waals surface area contributed by atoms with Crippen LogP contribution in [0, 0.1) is 17.3 Å². The molecule has 1 saturated heterocycles. The molecule has 6 unspecified atom stereocenters. The zero-order valence-electron chi connectivity index (χ0n) is 13.4. The lowest BCUT2D eigenvalue weighted by Gasteiger charge is -2.47. The maximum Gasteiger partial charge on any atom is 0.334 e. The van der Waals surface area contributed by atoms with Gasteiger partial charge in [-0.25, -0.2) is 4.79 Å². The summed E-state index contributed by atoms with van der Waals surface area (Å²) in [7, 11) is 0. The molecule has 3 aliphatic rings. The molecule has 6 atom stereocenters. The number of hydrogen-bond donors (Lipinski definition) is 1. The van der Waals surface area contributed by atoms with E-state index in [0.717, 1.165) is 12.8 Å². The van der Waals surface area contributed by atoms with Crippen molar-refractivity contribution in [3.8, 4) is 0 Å². The summed E-state index contributed by atoms with van der Waals surface area (Å²) in [6.07, 6.45) is 1.78. The van der Waals surface area contributed by atoms with E-state index in [0.29, 0.717) is 18.4 Å². The van der Waals surface area contributed by atoms with Crippen LogP contribution in [-0.2, 0) is 19.1 Å². The quantitative estimate of drug-likeness (QED) is 0.592. The molecule has 3 rings (SSSR count). The summed E-state index contributed by atoms with van der Waals surface area (Å²) in [5.41, 5.74) is -1.32. The summed E-state index contributed by atoms with van der Waals surface area (Å²) >= 11 is 0. The fourth-order valence-corrected chi connectivity index (χ4v) is 4.93. The van der Waals surface area contributed by atoms with Gasteiger partial charge in [0, 0.05) is 18.4 Å². The standard InChI is InChI=1S/C17H24O5/c1-9-5-6-12-10(2)15(19)22-14(12)16(4)13(21-11(3)18)7-8-17(9,16)20/h9,12-14,20H,2,5-8H2,1,3-4H3. The summed E-state index contributed by atoms with van der Waals surface area (Å²) in [6.45, 7) is 9.18. The van der Waals surface area contributed by atoms with Crippen LogP contribution in [0.1, 0.15) is 46.5 Å². The zero-order chi connectivity index (χ0) is 16.3. The number of aliphatic hydroxyl groups is 1. The highest BCUT2D eigenvalue weighted by Crippen LogP contribution is 2.61. The van der Waals surface area contributed by atoms with Crippen molar-refractivity contribution in [1.29, 1.82) is 0 Å². The topological polar surface area (TPSA) is 72.8 Å². The van der Waals surface area contributed by atoms with Gasteiger partial charge in [0.25, 0.3) is 0 Å². The molecule has 3 fully saturated rings. The molecular formula is C17H24O5.